The molecule has 0 radical (unpaired) electrons. The van der Waals surface area contributed by atoms with Crippen LogP contribution in [0, 0.1) is 40.4 Å². The van der Waals surface area contributed by atoms with Crippen LogP contribution in [-0.2, 0) is 110 Å². The molecule has 2 aliphatic heterocycles. The first-order chi connectivity index (χ1) is 69.6. The minimum absolute atomic E-state index is 0.00121. The van der Waals surface area contributed by atoms with Gasteiger partial charge in [0.2, 0.25) is 82.7 Å². The minimum atomic E-state index is -2.11. The van der Waals surface area contributed by atoms with E-state index in [0.29, 0.717) is 36.8 Å². The van der Waals surface area contributed by atoms with Crippen molar-refractivity contribution in [2.75, 3.05) is 45.8 Å². The number of amides is 14. The van der Waals surface area contributed by atoms with Crippen LogP contribution in [0.5, 0.6) is 11.5 Å². The van der Waals surface area contributed by atoms with Crippen molar-refractivity contribution in [2.24, 2.45) is 69.7 Å². The van der Waals surface area contributed by atoms with Gasteiger partial charge in [0.25, 0.3) is 0 Å². The lowest BCUT2D eigenvalue weighted by Gasteiger charge is -2.33. The number of nitrogens with one attached hydrogen (secondary N) is 15. The van der Waals surface area contributed by atoms with E-state index >= 15 is 19.2 Å². The number of H-pyrrole nitrogens is 1. The number of benzene rings is 2. The van der Waals surface area contributed by atoms with E-state index in [4.69, 9.17) is 51.0 Å². The third-order valence-corrected chi connectivity index (χ3v) is 25.3. The van der Waals surface area contributed by atoms with Crippen molar-refractivity contribution in [2.45, 2.75) is 319 Å². The fourth-order valence-electron chi connectivity index (χ4n) is 17.3. The molecule has 1 aromatic heterocycles. The largest absolute Gasteiger partial charge is 0.508 e. The Morgan fingerprint density at radius 2 is 0.918 bits per heavy atom. The van der Waals surface area contributed by atoms with E-state index in [9.17, 15) is 97.5 Å². The fraction of sp³-hybridized carbons (Fsp3) is 0.633. The van der Waals surface area contributed by atoms with Gasteiger partial charge in [0.05, 0.1) is 48.8 Å². The normalized spacial score (nSPS) is 16.7. The van der Waals surface area contributed by atoms with Crippen LogP contribution in [0.25, 0.3) is 0 Å². The molecule has 2 saturated heterocycles. The number of hydrogen-bond acceptors (Lipinski definition) is 29. The quantitative estimate of drug-likeness (QED) is 0.0150. The Kier molecular flexibility index (Phi) is 54.2. The van der Waals surface area contributed by atoms with Gasteiger partial charge in [-0.15, -0.1) is 0 Å². The summed E-state index contributed by atoms with van der Waals surface area (Å²) in [5, 5.41) is 99.5. The molecule has 2 fully saturated rings. The van der Waals surface area contributed by atoms with Gasteiger partial charge in [0.1, 0.15) is 71.7 Å². The summed E-state index contributed by atoms with van der Waals surface area (Å²) in [6.45, 7) is 9.84. The zero-order valence-electron chi connectivity index (χ0n) is 84.8. The van der Waals surface area contributed by atoms with Gasteiger partial charge in [-0.1, -0.05) is 65.3 Å². The predicted molar refractivity (Wildman–Crippen MR) is 537 cm³/mol. The number of phenolic OH excluding ortho intramolecular Hbond substituents is 2. The fourth-order valence-corrected chi connectivity index (χ4v) is 17.3. The Labute approximate surface area is 854 Å². The SMILES string of the molecule is CCC(=O)CCC(=O)N[C@@H](Cc1ccc(O)cc1)C(=O)C[C@@H](CCC(N)=O)C(=O)N[C@@H](CCCCN)C(=O)C[C@@H](CCCCN)C(=O)N[C@@H](CC(C)C)C(=O)C[C@@H](CCCNC(=N)N)C(=O)N1CCC[C@H]1C(=O)N1CC(O)C[C@H]1C(=O)N[C@@H](Cc1c[nH]cn1)C(=O)N[C@H](C(=O)N[C@@H](CC(=O)O)C(=O)N[C@@H](CCCCN)C(=O)N[C@@H](Cc1ccc(O)cc1)C(=O)N[C@@H](CCCNC(=N)N)C(=O)N[C@@H](CC(C)C)C(N)=O)[C@@H](C)O. The number of nitrogens with zero attached hydrogens (tertiary/aromatic N) is 3. The van der Waals surface area contributed by atoms with Crippen molar-refractivity contribution in [3.63, 3.8) is 0 Å². The highest BCUT2D eigenvalue weighted by atomic mass is 16.4. The van der Waals surface area contributed by atoms with E-state index in [1.807, 2.05) is 0 Å². The van der Waals surface area contributed by atoms with Crippen LogP contribution >= 0.6 is 0 Å². The topological polar surface area (TPSA) is 835 Å². The van der Waals surface area contributed by atoms with E-state index in [0.717, 1.165) is 11.8 Å². The molecule has 0 bridgehead atoms. The van der Waals surface area contributed by atoms with Crippen molar-refractivity contribution in [1.29, 1.82) is 10.8 Å². The molecular formula is C98H155N25O24. The first-order valence-electron chi connectivity index (χ1n) is 50.3. The maximum Gasteiger partial charge on any atom is 0.305 e. The molecule has 3 aromatic rings. The number of ketones is 4. The van der Waals surface area contributed by atoms with Crippen molar-refractivity contribution < 1.29 is 117 Å². The van der Waals surface area contributed by atoms with Gasteiger partial charge in [-0.25, -0.2) is 4.98 Å². The molecule has 0 aliphatic carbocycles. The maximum atomic E-state index is 15.4. The summed E-state index contributed by atoms with van der Waals surface area (Å²) < 4.78 is 0. The number of hydrogen-bond donors (Lipinski definition) is 27. The van der Waals surface area contributed by atoms with Crippen molar-refractivity contribution in [3.8, 4) is 11.5 Å². The highest BCUT2D eigenvalue weighted by Crippen LogP contribution is 2.31. The number of aromatic amines is 1. The van der Waals surface area contributed by atoms with E-state index < -0.39 is 260 Å². The highest BCUT2D eigenvalue weighted by molar-refractivity contribution is 6.02. The van der Waals surface area contributed by atoms with Gasteiger partial charge >= 0.3 is 5.97 Å². The number of primary amides is 2. The molecule has 49 heteroatoms. The van der Waals surface area contributed by atoms with Crippen molar-refractivity contribution >= 4 is 124 Å². The molecule has 17 atom stereocenters. The van der Waals surface area contributed by atoms with Crippen LogP contribution in [0.2, 0.25) is 0 Å². The number of Topliss-reactive ketones (excluding diaryl/α,β-unsaturated/α-hetero) is 4. The number of carbonyl (C=O) groups is 19. The lowest BCUT2D eigenvalue weighted by molar-refractivity contribution is -0.149. The lowest BCUT2D eigenvalue weighted by atomic mass is 9.87. The maximum absolute atomic E-state index is 15.4. The van der Waals surface area contributed by atoms with Crippen LogP contribution in [0.3, 0.4) is 0 Å². The van der Waals surface area contributed by atoms with Crippen LogP contribution in [-0.4, -0.2) is 300 Å². The van der Waals surface area contributed by atoms with Crippen molar-refractivity contribution in [1.82, 2.24) is 83.6 Å². The predicted octanol–water partition coefficient (Wildman–Crippen LogP) is -3.25. The number of carbonyl (C=O) groups excluding carboxylic acids is 18. The first kappa shape index (κ1) is 124. The van der Waals surface area contributed by atoms with Gasteiger partial charge in [-0.05, 0) is 189 Å². The standard InChI is InChI=1S/C98H155N25O24/c1-7-63(125)32-34-82(133)112-71(43-57-23-28-64(126)29-24-57)79(130)46-60(27-33-81(102)132)87(138)113-67(19-9-12-36-100)78(129)45-59(17-8-11-35-99)86(137)116-70(41-54(2)3)80(131)47-61(18-14-38-109-97(104)105)95(146)122-40-16-22-76(122)96(147)123-52-66(128)49-77(123)93(144)119-74(48-62-51-108-53-111-62)92(143)121-84(56(6)124)94(145)120-75(50-83(134)135)91(142)114-68(20-10-13-37-101)89(140)118-73(44-58-25-30-65(127)31-26-58)90(141)115-69(21-15-39-110-98(106)107)88(139)117-72(85(103)136)42-55(4)5/h23-26,28-31,51,53-56,59-61,66-77,84,124,126-128H,7-22,27,32-50,52,99-101H2,1-6H3,(H2,102,132)(H2,103,136)(H,108,111)(H,112,133)(H,113,138)(H,114,142)(H,115,141)(H,116,137)(H,117,139)(H,118,140)(H,119,144)(H,120,145)(H,121,143)(H,134,135)(H4,104,105,109)(H4,106,107,110)/t56-,59-,60-,61-,66?,67+,68+,69+,70+,71+,72+,73+,74+,75+,76+,77+,84+/m1/s1. The van der Waals surface area contributed by atoms with E-state index in [2.05, 4.69) is 73.8 Å². The number of likely N-dealkylation sites (tertiary alicyclic amines) is 2. The van der Waals surface area contributed by atoms with Crippen molar-refractivity contribution in [3.05, 3.63) is 77.9 Å². The number of aromatic nitrogens is 2. The molecule has 0 saturated carbocycles. The lowest BCUT2D eigenvalue weighted by Crippen LogP contribution is -2.62. The number of aliphatic hydroxyl groups excluding tert-OH is 2. The Hall–Kier alpha value is -13.7. The summed E-state index contributed by atoms with van der Waals surface area (Å²) in [6.07, 6.45) is -3.63. The number of aliphatic carboxylic acids is 1. The zero-order valence-corrected chi connectivity index (χ0v) is 84.8. The van der Waals surface area contributed by atoms with Crippen LogP contribution in [0.1, 0.15) is 232 Å². The highest BCUT2D eigenvalue weighted by Gasteiger charge is 2.48. The van der Waals surface area contributed by atoms with Crippen LogP contribution in [0.4, 0.5) is 0 Å². The van der Waals surface area contributed by atoms with E-state index in [-0.39, 0.29) is 208 Å². The summed E-state index contributed by atoms with van der Waals surface area (Å²) in [5.74, 6) is -22.2. The summed E-state index contributed by atoms with van der Waals surface area (Å²) in [5.41, 5.74) is 41.0. The number of nitrogens with two attached hydrogens (primary N) is 7. The zero-order chi connectivity index (χ0) is 109. The Balaban J connectivity index is 1.40. The van der Waals surface area contributed by atoms with Gasteiger partial charge in [-0.3, -0.25) is 102 Å². The van der Waals surface area contributed by atoms with Crippen LogP contribution in [0.15, 0.2) is 61.1 Å². The second kappa shape index (κ2) is 64.3. The van der Waals surface area contributed by atoms with Gasteiger partial charge in [-0.2, -0.15) is 0 Å². The molecule has 34 N–H and O–H groups in total. The number of unbranched alkanes of at least 4 members (excludes halogenated alkanes) is 3. The summed E-state index contributed by atoms with van der Waals surface area (Å²) in [4.78, 5) is 279. The summed E-state index contributed by atoms with van der Waals surface area (Å²) >= 11 is 0. The van der Waals surface area contributed by atoms with Crippen LogP contribution < -0.4 is 104 Å². The average molecular weight is 2070 g/mol. The molecule has 3 heterocycles. The number of phenols is 2. The van der Waals surface area contributed by atoms with E-state index in [1.165, 1.54) is 66.0 Å². The first-order valence-corrected chi connectivity index (χ1v) is 50.3. The van der Waals surface area contributed by atoms with Gasteiger partial charge < -0.3 is 144 Å². The Morgan fingerprint density at radius 3 is 1.44 bits per heavy atom. The number of imidazole rings is 1. The third-order valence-electron chi connectivity index (χ3n) is 25.3. The molecule has 5 rings (SSSR count). The minimum Gasteiger partial charge on any atom is -0.508 e. The number of carboxylic acid groups (broad SMARTS) is 1. The number of rotatable bonds is 71. The molecule has 2 aliphatic rings. The number of aromatic hydroxyl groups is 2. The Morgan fingerprint density at radius 1 is 0.469 bits per heavy atom. The molecule has 49 nitrogen and oxygen atoms in total. The molecular weight excluding hydrogens is 1910 g/mol. The Bertz CT molecular complexity index is 4890. The van der Waals surface area contributed by atoms with E-state index in [1.54, 1.807) is 34.6 Å². The number of guanidine groups is 2. The smallest absolute Gasteiger partial charge is 0.305 e. The third kappa shape index (κ3) is 44.7. The molecule has 0 spiro atoms. The number of carboxylic acids is 1. The van der Waals surface area contributed by atoms with Gasteiger partial charge in [0, 0.05) is 114 Å². The molecule has 14 amide bonds. The second-order valence-corrected chi connectivity index (χ2v) is 38.5. The van der Waals surface area contributed by atoms with Gasteiger partial charge in [0.15, 0.2) is 29.3 Å². The average Bonchev–Trinajstić information content (AvgIpc) is 1.65. The second-order valence-electron chi connectivity index (χ2n) is 38.5. The molecule has 1 unspecified atom stereocenters. The molecule has 147 heavy (non-hydrogen) atoms. The monoisotopic (exact) mass is 2070 g/mol. The number of aliphatic hydroxyl groups is 2. The molecule has 2 aromatic carbocycles. The molecule has 816 valence electrons. The summed E-state index contributed by atoms with van der Waals surface area (Å²) in [7, 11) is 0. The number of β-amino-alcohol motifs (C(OH)–C–C–N with tert-alkyl or cyclic N) is 1. The summed E-state index contributed by atoms with van der Waals surface area (Å²) in [6, 6.07) is -7.33.